The summed E-state index contributed by atoms with van der Waals surface area (Å²) >= 11 is 3.41. The third kappa shape index (κ3) is 4.15. The lowest BCUT2D eigenvalue weighted by atomic mass is 9.98. The second-order valence-corrected chi connectivity index (χ2v) is 6.59. The Hall–Kier alpha value is -2.99. The molecule has 5 nitrogen and oxygen atoms in total. The van der Waals surface area contributed by atoms with E-state index < -0.39 is 4.92 Å². The van der Waals surface area contributed by atoms with Gasteiger partial charge in [0.2, 0.25) is 0 Å². The highest BCUT2D eigenvalue weighted by molar-refractivity contribution is 9.10. The Kier molecular flexibility index (Phi) is 5.43. The van der Waals surface area contributed by atoms with E-state index >= 15 is 0 Å². The van der Waals surface area contributed by atoms with Gasteiger partial charge in [-0.3, -0.25) is 14.9 Å². The Labute approximate surface area is 159 Å². The summed E-state index contributed by atoms with van der Waals surface area (Å²) < 4.78 is 0.953. The molecular weight excluding hydrogens is 396 g/mol. The van der Waals surface area contributed by atoms with Crippen LogP contribution in [0.2, 0.25) is 0 Å². The predicted octanol–water partition coefficient (Wildman–Crippen LogP) is 4.88. The first kappa shape index (κ1) is 17.8. The van der Waals surface area contributed by atoms with Gasteiger partial charge in [-0.15, -0.1) is 0 Å². The number of nitrogens with one attached hydrogen (secondary N) is 1. The molecule has 130 valence electrons. The van der Waals surface area contributed by atoms with Crippen LogP contribution in [0.1, 0.15) is 27.5 Å². The standard InChI is InChI=1S/C20H15BrN2O3/c21-17-10-6-15(7-11-17)19(14-4-2-1-3-5-14)22-20(24)16-8-12-18(13-9-16)23(25)26/h1-13,19H,(H,22,24)/t19-/m1/s1. The Morgan fingerprint density at radius 1 is 0.885 bits per heavy atom. The molecular formula is C20H15BrN2O3. The van der Waals surface area contributed by atoms with E-state index in [1.807, 2.05) is 54.6 Å². The third-order valence-corrected chi connectivity index (χ3v) is 4.48. The maximum Gasteiger partial charge on any atom is 0.269 e. The van der Waals surface area contributed by atoms with Gasteiger partial charge in [-0.05, 0) is 35.4 Å². The molecule has 0 aliphatic carbocycles. The zero-order valence-electron chi connectivity index (χ0n) is 13.6. The van der Waals surface area contributed by atoms with Gasteiger partial charge in [0, 0.05) is 22.2 Å². The van der Waals surface area contributed by atoms with Crippen molar-refractivity contribution in [3.05, 3.63) is 110 Å². The summed E-state index contributed by atoms with van der Waals surface area (Å²) in [6.45, 7) is 0. The highest BCUT2D eigenvalue weighted by Crippen LogP contribution is 2.24. The molecule has 0 radical (unpaired) electrons. The minimum Gasteiger partial charge on any atom is -0.341 e. The van der Waals surface area contributed by atoms with E-state index in [4.69, 9.17) is 0 Å². The fraction of sp³-hybridized carbons (Fsp3) is 0.0500. The van der Waals surface area contributed by atoms with E-state index in [0.717, 1.165) is 15.6 Å². The molecule has 0 aliphatic rings. The van der Waals surface area contributed by atoms with Crippen molar-refractivity contribution in [1.29, 1.82) is 0 Å². The first-order valence-electron chi connectivity index (χ1n) is 7.90. The summed E-state index contributed by atoms with van der Waals surface area (Å²) in [7, 11) is 0. The van der Waals surface area contributed by atoms with E-state index in [1.54, 1.807) is 0 Å². The molecule has 3 aromatic rings. The summed E-state index contributed by atoms with van der Waals surface area (Å²) in [6.07, 6.45) is 0. The summed E-state index contributed by atoms with van der Waals surface area (Å²) in [5, 5.41) is 13.8. The molecule has 0 spiro atoms. The lowest BCUT2D eigenvalue weighted by Crippen LogP contribution is -2.29. The SMILES string of the molecule is O=C(N[C@H](c1ccccc1)c1ccc(Br)cc1)c1ccc([N+](=O)[O-])cc1. The van der Waals surface area contributed by atoms with Crippen molar-refractivity contribution in [2.24, 2.45) is 0 Å². The molecule has 3 rings (SSSR count). The van der Waals surface area contributed by atoms with Gasteiger partial charge in [0.15, 0.2) is 0 Å². The Morgan fingerprint density at radius 2 is 1.46 bits per heavy atom. The minimum absolute atomic E-state index is 0.0472. The number of hydrogen-bond donors (Lipinski definition) is 1. The maximum atomic E-state index is 12.7. The van der Waals surface area contributed by atoms with Gasteiger partial charge in [-0.25, -0.2) is 0 Å². The quantitative estimate of drug-likeness (QED) is 0.481. The number of rotatable bonds is 5. The number of benzene rings is 3. The van der Waals surface area contributed by atoms with E-state index in [-0.39, 0.29) is 17.6 Å². The van der Waals surface area contributed by atoms with Crippen LogP contribution in [-0.2, 0) is 0 Å². The minimum atomic E-state index is -0.490. The van der Waals surface area contributed by atoms with Crippen LogP contribution in [0.15, 0.2) is 83.3 Å². The van der Waals surface area contributed by atoms with E-state index in [0.29, 0.717) is 5.56 Å². The Bertz CT molecular complexity index is 910. The number of nitro benzene ring substituents is 1. The van der Waals surface area contributed by atoms with Crippen LogP contribution in [0.3, 0.4) is 0 Å². The van der Waals surface area contributed by atoms with Gasteiger partial charge in [0.25, 0.3) is 11.6 Å². The molecule has 3 aromatic carbocycles. The van der Waals surface area contributed by atoms with Gasteiger partial charge in [-0.2, -0.15) is 0 Å². The largest absolute Gasteiger partial charge is 0.341 e. The number of non-ortho nitro benzene ring substituents is 1. The van der Waals surface area contributed by atoms with Crippen LogP contribution in [0, 0.1) is 10.1 Å². The fourth-order valence-corrected chi connectivity index (χ4v) is 2.87. The van der Waals surface area contributed by atoms with E-state index in [9.17, 15) is 14.9 Å². The topological polar surface area (TPSA) is 72.2 Å². The zero-order valence-corrected chi connectivity index (χ0v) is 15.2. The normalized spacial score (nSPS) is 11.6. The van der Waals surface area contributed by atoms with Crippen LogP contribution in [-0.4, -0.2) is 10.8 Å². The number of halogens is 1. The molecule has 1 atom stereocenters. The fourth-order valence-electron chi connectivity index (χ4n) is 2.61. The van der Waals surface area contributed by atoms with Crippen LogP contribution in [0.4, 0.5) is 5.69 Å². The van der Waals surface area contributed by atoms with Gasteiger partial charge < -0.3 is 5.32 Å². The summed E-state index contributed by atoms with van der Waals surface area (Å²) in [6, 6.07) is 22.6. The average Bonchev–Trinajstić information content (AvgIpc) is 2.67. The van der Waals surface area contributed by atoms with Crippen molar-refractivity contribution in [2.45, 2.75) is 6.04 Å². The van der Waals surface area contributed by atoms with Gasteiger partial charge >= 0.3 is 0 Å². The van der Waals surface area contributed by atoms with Crippen LogP contribution < -0.4 is 5.32 Å². The smallest absolute Gasteiger partial charge is 0.269 e. The second kappa shape index (κ2) is 7.93. The molecule has 0 unspecified atom stereocenters. The molecule has 0 fully saturated rings. The predicted molar refractivity (Wildman–Crippen MR) is 103 cm³/mol. The number of hydrogen-bond acceptors (Lipinski definition) is 3. The van der Waals surface area contributed by atoms with E-state index in [2.05, 4.69) is 21.2 Å². The van der Waals surface area contributed by atoms with Crippen molar-refractivity contribution >= 4 is 27.5 Å². The number of carbonyl (C=O) groups is 1. The zero-order chi connectivity index (χ0) is 18.5. The van der Waals surface area contributed by atoms with Crippen molar-refractivity contribution in [2.75, 3.05) is 0 Å². The molecule has 0 saturated heterocycles. The second-order valence-electron chi connectivity index (χ2n) is 5.67. The summed E-state index contributed by atoms with van der Waals surface area (Å²) in [5.74, 6) is -0.295. The first-order valence-corrected chi connectivity index (χ1v) is 8.69. The monoisotopic (exact) mass is 410 g/mol. The highest BCUT2D eigenvalue weighted by Gasteiger charge is 2.18. The van der Waals surface area contributed by atoms with Crippen molar-refractivity contribution in [1.82, 2.24) is 5.32 Å². The van der Waals surface area contributed by atoms with Crippen molar-refractivity contribution in [3.63, 3.8) is 0 Å². The van der Waals surface area contributed by atoms with Gasteiger partial charge in [0.1, 0.15) is 0 Å². The molecule has 0 bridgehead atoms. The third-order valence-electron chi connectivity index (χ3n) is 3.95. The number of nitro groups is 1. The van der Waals surface area contributed by atoms with Crippen LogP contribution in [0.5, 0.6) is 0 Å². The molecule has 0 aliphatic heterocycles. The Balaban J connectivity index is 1.89. The van der Waals surface area contributed by atoms with Crippen LogP contribution >= 0.6 is 15.9 Å². The summed E-state index contributed by atoms with van der Waals surface area (Å²) in [5.41, 5.74) is 2.21. The van der Waals surface area contributed by atoms with E-state index in [1.165, 1.54) is 24.3 Å². The molecule has 0 aromatic heterocycles. The molecule has 6 heteroatoms. The number of nitrogens with zero attached hydrogens (tertiary/aromatic N) is 1. The lowest BCUT2D eigenvalue weighted by Gasteiger charge is -2.20. The maximum absolute atomic E-state index is 12.7. The molecule has 26 heavy (non-hydrogen) atoms. The molecule has 1 N–H and O–H groups in total. The lowest BCUT2D eigenvalue weighted by molar-refractivity contribution is -0.384. The molecule has 1 amide bonds. The Morgan fingerprint density at radius 3 is 2.04 bits per heavy atom. The first-order chi connectivity index (χ1) is 12.5. The van der Waals surface area contributed by atoms with Crippen LogP contribution in [0.25, 0.3) is 0 Å². The molecule has 0 heterocycles. The highest BCUT2D eigenvalue weighted by atomic mass is 79.9. The summed E-state index contributed by atoms with van der Waals surface area (Å²) in [4.78, 5) is 22.9. The van der Waals surface area contributed by atoms with Gasteiger partial charge in [0.05, 0.1) is 11.0 Å². The average molecular weight is 411 g/mol. The van der Waals surface area contributed by atoms with Crippen molar-refractivity contribution in [3.8, 4) is 0 Å². The van der Waals surface area contributed by atoms with Gasteiger partial charge in [-0.1, -0.05) is 58.4 Å². The number of amides is 1. The van der Waals surface area contributed by atoms with Crippen molar-refractivity contribution < 1.29 is 9.72 Å². The number of carbonyl (C=O) groups excluding carboxylic acids is 1. The molecule has 0 saturated carbocycles.